The molecule has 2 heteroatoms. The topological polar surface area (TPSA) is 26.3 Å². The molecular formula is C34H66O2. The van der Waals surface area contributed by atoms with Gasteiger partial charge < -0.3 is 4.74 Å². The van der Waals surface area contributed by atoms with Crippen LogP contribution in [0.2, 0.25) is 0 Å². The van der Waals surface area contributed by atoms with Gasteiger partial charge in [-0.1, -0.05) is 187 Å². The van der Waals surface area contributed by atoms with Gasteiger partial charge in [0, 0.05) is 6.42 Å². The maximum Gasteiger partial charge on any atom is 0.306 e. The van der Waals surface area contributed by atoms with Crippen LogP contribution in [0.1, 0.15) is 194 Å². The molecule has 0 aromatic rings. The van der Waals surface area contributed by atoms with Crippen molar-refractivity contribution in [3.63, 3.8) is 0 Å². The first-order chi connectivity index (χ1) is 17.8. The molecule has 0 saturated carbocycles. The van der Waals surface area contributed by atoms with Crippen LogP contribution in [0.5, 0.6) is 0 Å². The quantitative estimate of drug-likeness (QED) is 0.0550. The molecule has 0 saturated heterocycles. The average Bonchev–Trinajstić information content (AvgIpc) is 2.88. The Morgan fingerprint density at radius 2 is 0.778 bits per heavy atom. The molecule has 0 atom stereocenters. The van der Waals surface area contributed by atoms with Gasteiger partial charge in [0.25, 0.3) is 0 Å². The molecule has 0 aliphatic rings. The lowest BCUT2D eigenvalue weighted by Crippen LogP contribution is -2.03. The summed E-state index contributed by atoms with van der Waals surface area (Å²) in [7, 11) is 0. The smallest absolute Gasteiger partial charge is 0.306 e. The lowest BCUT2D eigenvalue weighted by atomic mass is 10.0. The summed E-state index contributed by atoms with van der Waals surface area (Å²) < 4.78 is 5.25. The van der Waals surface area contributed by atoms with E-state index in [9.17, 15) is 4.79 Å². The molecular weight excluding hydrogens is 440 g/mol. The molecule has 0 radical (unpaired) electrons. The van der Waals surface area contributed by atoms with Crippen LogP contribution in [0.15, 0.2) is 12.2 Å². The van der Waals surface area contributed by atoms with Crippen LogP contribution in [0, 0.1) is 0 Å². The van der Waals surface area contributed by atoms with Gasteiger partial charge in [0.2, 0.25) is 0 Å². The first kappa shape index (κ1) is 35.2. The van der Waals surface area contributed by atoms with Crippen LogP contribution >= 0.6 is 0 Å². The third-order valence-corrected chi connectivity index (χ3v) is 7.47. The maximum absolute atomic E-state index is 11.7. The zero-order chi connectivity index (χ0) is 26.2. The Kier molecular flexibility index (Phi) is 31.5. The van der Waals surface area contributed by atoms with Crippen molar-refractivity contribution >= 4 is 5.97 Å². The van der Waals surface area contributed by atoms with Gasteiger partial charge in [0.1, 0.15) is 6.61 Å². The molecule has 0 aliphatic heterocycles. The number of carbonyl (C=O) groups excluding carboxylic acids is 1. The summed E-state index contributed by atoms with van der Waals surface area (Å²) in [5, 5.41) is 0. The fourth-order valence-corrected chi connectivity index (χ4v) is 4.95. The molecule has 0 heterocycles. The fraction of sp³-hybridized carbons (Fsp3) is 0.912. The van der Waals surface area contributed by atoms with E-state index in [2.05, 4.69) is 19.9 Å². The van der Waals surface area contributed by atoms with Crippen molar-refractivity contribution in [3.8, 4) is 0 Å². The molecule has 0 aromatic carbocycles. The number of carbonyl (C=O) groups is 1. The number of allylic oxidation sites excluding steroid dienone is 1. The zero-order valence-corrected chi connectivity index (χ0v) is 25.0. The summed E-state index contributed by atoms with van der Waals surface area (Å²) in [4.78, 5) is 11.7. The molecule has 0 spiro atoms. The maximum atomic E-state index is 11.7. The van der Waals surface area contributed by atoms with E-state index in [1.807, 2.05) is 6.08 Å². The van der Waals surface area contributed by atoms with Gasteiger partial charge in [0.15, 0.2) is 0 Å². The first-order valence-electron chi connectivity index (χ1n) is 16.6. The highest BCUT2D eigenvalue weighted by atomic mass is 16.5. The number of ether oxygens (including phenoxy) is 1. The molecule has 214 valence electrons. The van der Waals surface area contributed by atoms with E-state index in [1.54, 1.807) is 0 Å². The third kappa shape index (κ3) is 31.2. The average molecular weight is 507 g/mol. The summed E-state index contributed by atoms with van der Waals surface area (Å²) in [6.07, 6.45) is 41.8. The van der Waals surface area contributed by atoms with Crippen molar-refractivity contribution in [2.75, 3.05) is 6.61 Å². The van der Waals surface area contributed by atoms with Gasteiger partial charge in [-0.15, -0.1) is 0 Å². The Bertz CT molecular complexity index is 442. The molecule has 0 unspecified atom stereocenters. The van der Waals surface area contributed by atoms with Crippen molar-refractivity contribution in [3.05, 3.63) is 12.2 Å². The summed E-state index contributed by atoms with van der Waals surface area (Å²) in [6, 6.07) is 0. The number of rotatable bonds is 30. The van der Waals surface area contributed by atoms with Crippen LogP contribution in [0.25, 0.3) is 0 Å². The van der Waals surface area contributed by atoms with E-state index >= 15 is 0 Å². The molecule has 2 nitrogen and oxygen atoms in total. The van der Waals surface area contributed by atoms with Crippen LogP contribution in [-0.4, -0.2) is 12.6 Å². The second-order valence-electron chi connectivity index (χ2n) is 11.2. The molecule has 0 fully saturated rings. The predicted octanol–water partition coefficient (Wildman–Crippen LogP) is 12.0. The lowest BCUT2D eigenvalue weighted by molar-refractivity contribution is -0.142. The number of hydrogen-bond acceptors (Lipinski definition) is 2. The van der Waals surface area contributed by atoms with E-state index in [1.165, 1.54) is 161 Å². The van der Waals surface area contributed by atoms with Gasteiger partial charge in [-0.05, 0) is 12.8 Å². The first-order valence-corrected chi connectivity index (χ1v) is 16.6. The summed E-state index contributed by atoms with van der Waals surface area (Å²) in [6.45, 7) is 4.93. The Morgan fingerprint density at radius 1 is 0.444 bits per heavy atom. The van der Waals surface area contributed by atoms with E-state index in [0.29, 0.717) is 13.0 Å². The Morgan fingerprint density at radius 3 is 1.14 bits per heavy atom. The van der Waals surface area contributed by atoms with Crippen LogP contribution in [-0.2, 0) is 9.53 Å². The van der Waals surface area contributed by atoms with Gasteiger partial charge in [-0.25, -0.2) is 0 Å². The molecule has 0 rings (SSSR count). The Labute approximate surface area is 227 Å². The minimum atomic E-state index is -0.0334. The zero-order valence-electron chi connectivity index (χ0n) is 25.0. The summed E-state index contributed by atoms with van der Waals surface area (Å²) >= 11 is 0. The second kappa shape index (κ2) is 32.2. The van der Waals surface area contributed by atoms with Crippen molar-refractivity contribution < 1.29 is 9.53 Å². The lowest BCUT2D eigenvalue weighted by Gasteiger charge is -2.04. The minimum absolute atomic E-state index is 0.0334. The molecule has 0 N–H and O–H groups in total. The van der Waals surface area contributed by atoms with E-state index in [0.717, 1.165) is 12.8 Å². The molecule has 0 aliphatic carbocycles. The normalized spacial score (nSPS) is 11.5. The van der Waals surface area contributed by atoms with Crippen molar-refractivity contribution in [1.82, 2.24) is 0 Å². The van der Waals surface area contributed by atoms with Crippen molar-refractivity contribution in [2.45, 2.75) is 194 Å². The van der Waals surface area contributed by atoms with E-state index in [4.69, 9.17) is 4.74 Å². The van der Waals surface area contributed by atoms with E-state index in [-0.39, 0.29) is 5.97 Å². The monoisotopic (exact) mass is 507 g/mol. The van der Waals surface area contributed by atoms with Gasteiger partial charge >= 0.3 is 5.97 Å². The Balaban J connectivity index is 3.12. The van der Waals surface area contributed by atoms with Gasteiger partial charge in [-0.2, -0.15) is 0 Å². The molecule has 0 aromatic heterocycles. The van der Waals surface area contributed by atoms with Crippen LogP contribution in [0.4, 0.5) is 0 Å². The van der Waals surface area contributed by atoms with Crippen LogP contribution < -0.4 is 0 Å². The number of esters is 1. The minimum Gasteiger partial charge on any atom is -0.461 e. The largest absolute Gasteiger partial charge is 0.461 e. The third-order valence-electron chi connectivity index (χ3n) is 7.47. The highest BCUT2D eigenvalue weighted by molar-refractivity contribution is 5.69. The highest BCUT2D eigenvalue weighted by Crippen LogP contribution is 2.15. The molecule has 0 amide bonds. The number of hydrogen-bond donors (Lipinski definition) is 0. The fourth-order valence-electron chi connectivity index (χ4n) is 4.95. The van der Waals surface area contributed by atoms with Gasteiger partial charge in [-0.3, -0.25) is 4.79 Å². The molecule has 0 bridgehead atoms. The SMILES string of the molecule is CCCC/C=C/COC(=O)CCCCCCCCCCCCCCCCCCCCCCCCCC. The van der Waals surface area contributed by atoms with Crippen molar-refractivity contribution in [1.29, 1.82) is 0 Å². The van der Waals surface area contributed by atoms with Crippen LogP contribution in [0.3, 0.4) is 0 Å². The highest BCUT2D eigenvalue weighted by Gasteiger charge is 2.01. The van der Waals surface area contributed by atoms with E-state index < -0.39 is 0 Å². The number of unbranched alkanes of at least 4 members (excludes halogenated alkanes) is 25. The van der Waals surface area contributed by atoms with Crippen molar-refractivity contribution in [2.24, 2.45) is 0 Å². The molecule has 36 heavy (non-hydrogen) atoms. The second-order valence-corrected chi connectivity index (χ2v) is 11.2. The predicted molar refractivity (Wildman–Crippen MR) is 161 cm³/mol. The summed E-state index contributed by atoms with van der Waals surface area (Å²) in [5.74, 6) is -0.0334. The standard InChI is InChI=1S/C34H66O2/c1-3-5-7-9-10-11-12-13-14-15-16-17-18-19-20-21-22-23-24-25-26-27-28-30-32-34(35)36-33-31-29-8-6-4-2/h29,31H,3-28,30,32-33H2,1-2H3/b31-29+. The Hall–Kier alpha value is -0.790. The summed E-state index contributed by atoms with van der Waals surface area (Å²) in [5.41, 5.74) is 0. The van der Waals surface area contributed by atoms with Gasteiger partial charge in [0.05, 0.1) is 0 Å².